The molecule has 0 fully saturated rings. The summed E-state index contributed by atoms with van der Waals surface area (Å²) in [6, 6.07) is 10.4. The summed E-state index contributed by atoms with van der Waals surface area (Å²) in [7, 11) is 0. The Morgan fingerprint density at radius 2 is 1.95 bits per heavy atom. The fourth-order valence-electron chi connectivity index (χ4n) is 1.66. The van der Waals surface area contributed by atoms with Crippen molar-refractivity contribution >= 4 is 28.3 Å². The Labute approximate surface area is 126 Å². The third kappa shape index (κ3) is 4.61. The molecule has 0 unspecified atom stereocenters. The molecule has 0 saturated heterocycles. The molecule has 1 aromatic carbocycles. The molecule has 5 nitrogen and oxygen atoms in total. The monoisotopic (exact) mass is 304 g/mol. The largest absolute Gasteiger partial charge is 0.462 e. The molecule has 0 bridgehead atoms. The van der Waals surface area contributed by atoms with E-state index in [-0.39, 0.29) is 12.0 Å². The maximum Gasteiger partial charge on any atom is 0.338 e. The Bertz CT molecular complexity index is 594. The van der Waals surface area contributed by atoms with Crippen LogP contribution in [0.3, 0.4) is 0 Å². The summed E-state index contributed by atoms with van der Waals surface area (Å²) in [4.78, 5) is 23.2. The molecule has 1 aromatic heterocycles. The van der Waals surface area contributed by atoms with Crippen LogP contribution in [0.15, 0.2) is 41.8 Å². The first-order chi connectivity index (χ1) is 10.2. The summed E-state index contributed by atoms with van der Waals surface area (Å²) in [6.07, 6.45) is 0. The maximum absolute atomic E-state index is 11.7. The van der Waals surface area contributed by atoms with Crippen molar-refractivity contribution in [3.8, 4) is 0 Å². The van der Waals surface area contributed by atoms with Crippen molar-refractivity contribution in [2.24, 2.45) is 0 Å². The molecule has 0 aliphatic heterocycles. The molecule has 0 saturated carbocycles. The van der Waals surface area contributed by atoms with Crippen LogP contribution in [0, 0.1) is 0 Å². The number of urea groups is 1. The summed E-state index contributed by atoms with van der Waals surface area (Å²) in [5.41, 5.74) is 1.41. The van der Waals surface area contributed by atoms with E-state index in [1.807, 2.05) is 17.5 Å². The van der Waals surface area contributed by atoms with E-state index in [4.69, 9.17) is 4.74 Å². The topological polar surface area (TPSA) is 67.4 Å². The number of benzene rings is 1. The van der Waals surface area contributed by atoms with Crippen LogP contribution in [0.25, 0.3) is 0 Å². The van der Waals surface area contributed by atoms with Gasteiger partial charge >= 0.3 is 12.0 Å². The second-order valence-electron chi connectivity index (χ2n) is 4.20. The highest BCUT2D eigenvalue weighted by Crippen LogP contribution is 2.14. The van der Waals surface area contributed by atoms with E-state index in [9.17, 15) is 9.59 Å². The van der Waals surface area contributed by atoms with Crippen molar-refractivity contribution in [3.05, 3.63) is 52.9 Å². The summed E-state index contributed by atoms with van der Waals surface area (Å²) in [5, 5.41) is 8.17. The molecule has 2 amide bonds. The number of hydrogen-bond acceptors (Lipinski definition) is 4. The number of ether oxygens (including phenoxy) is 1. The summed E-state index contributed by atoms with van der Waals surface area (Å²) < 4.78 is 4.91. The minimum atomic E-state index is -0.340. The maximum atomic E-state index is 11.7. The first kappa shape index (κ1) is 15.1. The predicted molar refractivity (Wildman–Crippen MR) is 82.6 cm³/mol. The molecular formula is C15H16N2O3S. The van der Waals surface area contributed by atoms with Crippen LogP contribution in [0.2, 0.25) is 0 Å². The summed E-state index contributed by atoms with van der Waals surface area (Å²) >= 11 is 1.46. The van der Waals surface area contributed by atoms with Crippen molar-refractivity contribution in [1.82, 2.24) is 5.32 Å². The molecule has 2 aromatic rings. The van der Waals surface area contributed by atoms with E-state index >= 15 is 0 Å². The molecule has 110 valence electrons. The van der Waals surface area contributed by atoms with E-state index in [2.05, 4.69) is 10.6 Å². The first-order valence-electron chi connectivity index (χ1n) is 6.53. The van der Waals surface area contributed by atoms with Gasteiger partial charge in [0.2, 0.25) is 0 Å². The summed E-state index contributed by atoms with van der Waals surface area (Å²) in [5.74, 6) is -0.340. The van der Waals surface area contributed by atoms with Crippen molar-refractivity contribution in [2.75, 3.05) is 11.9 Å². The Morgan fingerprint density at radius 1 is 1.19 bits per heavy atom. The molecule has 21 heavy (non-hydrogen) atoms. The van der Waals surface area contributed by atoms with Crippen LogP contribution in [0.4, 0.5) is 9.80 Å². The molecule has 0 atom stereocenters. The van der Waals surface area contributed by atoms with Crippen LogP contribution in [-0.2, 0) is 11.3 Å². The number of thiophene rings is 1. The average molecular weight is 304 g/mol. The number of amides is 2. The van der Waals surface area contributed by atoms with Gasteiger partial charge in [0.25, 0.3) is 0 Å². The van der Waals surface area contributed by atoms with E-state index in [1.165, 1.54) is 11.3 Å². The van der Waals surface area contributed by atoms with E-state index in [0.717, 1.165) is 10.6 Å². The number of nitrogens with one attached hydrogen (secondary N) is 2. The smallest absolute Gasteiger partial charge is 0.338 e. The number of hydrogen-bond donors (Lipinski definition) is 2. The van der Waals surface area contributed by atoms with Gasteiger partial charge in [0.05, 0.1) is 17.2 Å². The molecule has 0 aliphatic rings. The second kappa shape index (κ2) is 7.44. The average Bonchev–Trinajstić information content (AvgIpc) is 2.99. The lowest BCUT2D eigenvalue weighted by Gasteiger charge is -2.07. The van der Waals surface area contributed by atoms with Crippen molar-refractivity contribution in [1.29, 1.82) is 0 Å². The lowest BCUT2D eigenvalue weighted by Crippen LogP contribution is -2.27. The van der Waals surface area contributed by atoms with Gasteiger partial charge in [-0.1, -0.05) is 12.1 Å². The highest BCUT2D eigenvalue weighted by molar-refractivity contribution is 7.14. The third-order valence-electron chi connectivity index (χ3n) is 2.68. The Balaban J connectivity index is 1.83. The standard InChI is InChI=1S/C15H16N2O3S/c1-2-20-14(18)12-7-5-11(6-8-12)10-16-15(19)17-13-4-3-9-21-13/h3-9H,2,10H2,1H3,(H2,16,17,19). The van der Waals surface area contributed by atoms with Crippen molar-refractivity contribution < 1.29 is 14.3 Å². The van der Waals surface area contributed by atoms with Crippen molar-refractivity contribution in [3.63, 3.8) is 0 Å². The normalized spacial score (nSPS) is 9.95. The van der Waals surface area contributed by atoms with Crippen LogP contribution in [-0.4, -0.2) is 18.6 Å². The zero-order chi connectivity index (χ0) is 15.1. The molecule has 0 spiro atoms. The SMILES string of the molecule is CCOC(=O)c1ccc(CNC(=O)Nc2cccs2)cc1. The van der Waals surface area contributed by atoms with Crippen LogP contribution in [0.1, 0.15) is 22.8 Å². The Morgan fingerprint density at radius 3 is 2.57 bits per heavy atom. The summed E-state index contributed by atoms with van der Waals surface area (Å²) in [6.45, 7) is 2.51. The molecule has 2 rings (SSSR count). The molecule has 1 heterocycles. The molecular weight excluding hydrogens is 288 g/mol. The van der Waals surface area contributed by atoms with Crippen molar-refractivity contribution in [2.45, 2.75) is 13.5 Å². The zero-order valence-corrected chi connectivity index (χ0v) is 12.4. The third-order valence-corrected chi connectivity index (χ3v) is 3.46. The van der Waals surface area contributed by atoms with Gasteiger partial charge in [-0.25, -0.2) is 9.59 Å². The Kier molecular flexibility index (Phi) is 5.34. The van der Waals surface area contributed by atoms with Crippen LogP contribution >= 0.6 is 11.3 Å². The van der Waals surface area contributed by atoms with Gasteiger partial charge in [-0.3, -0.25) is 5.32 Å². The van der Waals surface area contributed by atoms with Gasteiger partial charge in [-0.2, -0.15) is 0 Å². The lowest BCUT2D eigenvalue weighted by atomic mass is 10.1. The number of rotatable bonds is 5. The Hall–Kier alpha value is -2.34. The number of esters is 1. The fraction of sp³-hybridized carbons (Fsp3) is 0.200. The minimum Gasteiger partial charge on any atom is -0.462 e. The highest BCUT2D eigenvalue weighted by Gasteiger charge is 2.06. The van der Waals surface area contributed by atoms with Gasteiger partial charge in [-0.15, -0.1) is 11.3 Å². The quantitative estimate of drug-likeness (QED) is 0.833. The van der Waals surface area contributed by atoms with Crippen LogP contribution < -0.4 is 10.6 Å². The number of anilines is 1. The number of carbonyl (C=O) groups excluding carboxylic acids is 2. The molecule has 6 heteroatoms. The van der Waals surface area contributed by atoms with E-state index < -0.39 is 0 Å². The van der Waals surface area contributed by atoms with E-state index in [1.54, 1.807) is 31.2 Å². The lowest BCUT2D eigenvalue weighted by molar-refractivity contribution is 0.0526. The second-order valence-corrected chi connectivity index (χ2v) is 5.15. The van der Waals surface area contributed by atoms with Gasteiger partial charge in [0, 0.05) is 6.54 Å². The van der Waals surface area contributed by atoms with Gasteiger partial charge in [-0.05, 0) is 42.1 Å². The van der Waals surface area contributed by atoms with Crippen LogP contribution in [0.5, 0.6) is 0 Å². The highest BCUT2D eigenvalue weighted by atomic mass is 32.1. The zero-order valence-electron chi connectivity index (χ0n) is 11.6. The first-order valence-corrected chi connectivity index (χ1v) is 7.41. The van der Waals surface area contributed by atoms with Gasteiger partial charge < -0.3 is 10.1 Å². The number of carbonyl (C=O) groups is 2. The van der Waals surface area contributed by atoms with Gasteiger partial charge in [0.1, 0.15) is 0 Å². The fourth-order valence-corrected chi connectivity index (χ4v) is 2.27. The molecule has 0 radical (unpaired) electrons. The predicted octanol–water partition coefficient (Wildman–Crippen LogP) is 3.25. The minimum absolute atomic E-state index is 0.257. The molecule has 0 aliphatic carbocycles. The molecule has 2 N–H and O–H groups in total. The van der Waals surface area contributed by atoms with Gasteiger partial charge in [0.15, 0.2) is 0 Å². The van der Waals surface area contributed by atoms with E-state index in [0.29, 0.717) is 18.7 Å².